The fourth-order valence-electron chi connectivity index (χ4n) is 3.68. The predicted molar refractivity (Wildman–Crippen MR) is 80.3 cm³/mol. The molecule has 1 aliphatic carbocycles. The molecule has 1 saturated heterocycles. The molecular weight excluding hydrogens is 248 g/mol. The van der Waals surface area contributed by atoms with Crippen LogP contribution in [-0.4, -0.2) is 23.4 Å². The number of hydrogen-bond acceptors (Lipinski definition) is 2. The molecule has 1 aliphatic heterocycles. The van der Waals surface area contributed by atoms with E-state index in [1.807, 2.05) is 0 Å². The van der Waals surface area contributed by atoms with E-state index in [2.05, 4.69) is 49.2 Å². The van der Waals surface area contributed by atoms with E-state index >= 15 is 0 Å². The summed E-state index contributed by atoms with van der Waals surface area (Å²) in [6.45, 7) is 7.01. The van der Waals surface area contributed by atoms with Crippen LogP contribution in [0.2, 0.25) is 0 Å². The summed E-state index contributed by atoms with van der Waals surface area (Å²) in [5, 5.41) is 3.41. The second-order valence-corrected chi connectivity index (χ2v) is 6.52. The molecular formula is C17H24N2O. The molecule has 2 fully saturated rings. The number of carbonyl (C=O) groups excluding carboxylic acids is 1. The molecule has 1 heterocycles. The summed E-state index contributed by atoms with van der Waals surface area (Å²) >= 11 is 0. The second-order valence-electron chi connectivity index (χ2n) is 6.52. The van der Waals surface area contributed by atoms with Crippen LogP contribution >= 0.6 is 0 Å². The minimum atomic E-state index is 0.0673. The average molecular weight is 272 g/mol. The Balaban J connectivity index is 1.91. The van der Waals surface area contributed by atoms with Gasteiger partial charge in [-0.1, -0.05) is 30.7 Å². The largest absolute Gasteiger partial charge is 0.319 e. The van der Waals surface area contributed by atoms with Gasteiger partial charge in [0, 0.05) is 6.04 Å². The summed E-state index contributed by atoms with van der Waals surface area (Å²) in [7, 11) is 0. The van der Waals surface area contributed by atoms with Gasteiger partial charge in [-0.25, -0.2) is 0 Å². The monoisotopic (exact) mass is 272 g/mol. The maximum Gasteiger partial charge on any atom is 0.238 e. The second kappa shape index (κ2) is 5.21. The Labute approximate surface area is 121 Å². The number of rotatable bonds is 2. The van der Waals surface area contributed by atoms with Crippen molar-refractivity contribution in [1.29, 1.82) is 0 Å². The molecule has 108 valence electrons. The van der Waals surface area contributed by atoms with Crippen molar-refractivity contribution in [2.45, 2.75) is 52.2 Å². The molecule has 0 spiro atoms. The standard InChI is InChI=1S/C17H24N2O/c1-11-5-7-14(8-11)19-16(20)10-18-17(19)15-9-12(2)4-6-13(15)3/h4,6,9,11,14,17-18H,5,7-8,10H2,1-3H3. The normalized spacial score (nSPS) is 30.2. The van der Waals surface area contributed by atoms with Crippen molar-refractivity contribution in [2.75, 3.05) is 6.54 Å². The van der Waals surface area contributed by atoms with Crippen molar-refractivity contribution < 1.29 is 4.79 Å². The van der Waals surface area contributed by atoms with Crippen molar-refractivity contribution in [3.8, 4) is 0 Å². The fourth-order valence-corrected chi connectivity index (χ4v) is 3.68. The summed E-state index contributed by atoms with van der Waals surface area (Å²) in [4.78, 5) is 14.4. The topological polar surface area (TPSA) is 32.3 Å². The van der Waals surface area contributed by atoms with E-state index in [-0.39, 0.29) is 12.1 Å². The van der Waals surface area contributed by atoms with Gasteiger partial charge < -0.3 is 4.90 Å². The summed E-state index contributed by atoms with van der Waals surface area (Å²) in [6, 6.07) is 6.93. The zero-order chi connectivity index (χ0) is 14.3. The van der Waals surface area contributed by atoms with Crippen LogP contribution in [0, 0.1) is 19.8 Å². The third-order valence-corrected chi connectivity index (χ3v) is 4.80. The Morgan fingerprint density at radius 2 is 2.05 bits per heavy atom. The van der Waals surface area contributed by atoms with Gasteiger partial charge in [0.15, 0.2) is 0 Å². The van der Waals surface area contributed by atoms with Crippen molar-refractivity contribution in [2.24, 2.45) is 5.92 Å². The van der Waals surface area contributed by atoms with E-state index in [0.29, 0.717) is 12.6 Å². The third-order valence-electron chi connectivity index (χ3n) is 4.80. The summed E-state index contributed by atoms with van der Waals surface area (Å²) in [5.74, 6) is 1.00. The Bertz CT molecular complexity index is 526. The Morgan fingerprint density at radius 3 is 2.75 bits per heavy atom. The summed E-state index contributed by atoms with van der Waals surface area (Å²) < 4.78 is 0. The minimum Gasteiger partial charge on any atom is -0.319 e. The van der Waals surface area contributed by atoms with Crippen molar-refractivity contribution >= 4 is 5.91 Å². The van der Waals surface area contributed by atoms with Crippen LogP contribution in [-0.2, 0) is 4.79 Å². The first-order valence-electron chi connectivity index (χ1n) is 7.68. The van der Waals surface area contributed by atoms with Gasteiger partial charge in [-0.05, 0) is 50.2 Å². The van der Waals surface area contributed by atoms with Gasteiger partial charge >= 0.3 is 0 Å². The first-order valence-corrected chi connectivity index (χ1v) is 7.68. The van der Waals surface area contributed by atoms with Gasteiger partial charge in [0.05, 0.1) is 6.54 Å². The number of aryl methyl sites for hydroxylation is 2. The van der Waals surface area contributed by atoms with E-state index in [1.165, 1.54) is 23.1 Å². The molecule has 0 bridgehead atoms. The molecule has 3 nitrogen and oxygen atoms in total. The first kappa shape index (κ1) is 13.6. The lowest BCUT2D eigenvalue weighted by molar-refractivity contribution is -0.130. The average Bonchev–Trinajstić information content (AvgIpc) is 2.98. The number of nitrogens with one attached hydrogen (secondary N) is 1. The highest BCUT2D eigenvalue weighted by Gasteiger charge is 2.39. The lowest BCUT2D eigenvalue weighted by Gasteiger charge is -2.31. The minimum absolute atomic E-state index is 0.0673. The van der Waals surface area contributed by atoms with E-state index in [9.17, 15) is 4.79 Å². The molecule has 2 aliphatic rings. The van der Waals surface area contributed by atoms with Crippen molar-refractivity contribution in [3.63, 3.8) is 0 Å². The van der Waals surface area contributed by atoms with Gasteiger partial charge in [0.25, 0.3) is 0 Å². The summed E-state index contributed by atoms with van der Waals surface area (Å²) in [5.41, 5.74) is 3.78. The van der Waals surface area contributed by atoms with Gasteiger partial charge in [-0.2, -0.15) is 0 Å². The highest BCUT2D eigenvalue weighted by Crippen LogP contribution is 2.36. The molecule has 1 aromatic carbocycles. The maximum atomic E-state index is 12.3. The number of amides is 1. The highest BCUT2D eigenvalue weighted by atomic mass is 16.2. The van der Waals surface area contributed by atoms with Gasteiger partial charge in [-0.3, -0.25) is 10.1 Å². The number of benzene rings is 1. The quantitative estimate of drug-likeness (QED) is 0.898. The maximum absolute atomic E-state index is 12.3. The van der Waals surface area contributed by atoms with E-state index in [0.717, 1.165) is 18.8 Å². The van der Waals surface area contributed by atoms with E-state index < -0.39 is 0 Å². The van der Waals surface area contributed by atoms with Crippen molar-refractivity contribution in [3.05, 3.63) is 34.9 Å². The predicted octanol–water partition coefficient (Wildman–Crippen LogP) is 2.92. The lowest BCUT2D eigenvalue weighted by Crippen LogP contribution is -2.38. The Morgan fingerprint density at radius 1 is 1.25 bits per heavy atom. The molecule has 0 radical (unpaired) electrons. The zero-order valence-electron chi connectivity index (χ0n) is 12.6. The van der Waals surface area contributed by atoms with Crippen LogP contribution in [0.5, 0.6) is 0 Å². The van der Waals surface area contributed by atoms with Crippen molar-refractivity contribution in [1.82, 2.24) is 10.2 Å². The van der Waals surface area contributed by atoms with Gasteiger partial charge in [0.2, 0.25) is 5.91 Å². The number of hydrogen-bond donors (Lipinski definition) is 1. The van der Waals surface area contributed by atoms with Crippen LogP contribution in [0.25, 0.3) is 0 Å². The molecule has 3 rings (SSSR count). The van der Waals surface area contributed by atoms with Crippen LogP contribution < -0.4 is 5.32 Å². The van der Waals surface area contributed by atoms with Crippen LogP contribution in [0.15, 0.2) is 18.2 Å². The molecule has 1 saturated carbocycles. The lowest BCUT2D eigenvalue weighted by atomic mass is 10.0. The molecule has 3 unspecified atom stereocenters. The molecule has 20 heavy (non-hydrogen) atoms. The SMILES string of the molecule is Cc1ccc(C)c(C2NCC(=O)N2C2CCC(C)C2)c1. The molecule has 1 amide bonds. The Kier molecular flexibility index (Phi) is 3.55. The van der Waals surface area contributed by atoms with E-state index in [1.54, 1.807) is 0 Å². The third kappa shape index (κ3) is 2.35. The van der Waals surface area contributed by atoms with Crippen LogP contribution in [0.4, 0.5) is 0 Å². The molecule has 3 heteroatoms. The van der Waals surface area contributed by atoms with Gasteiger partial charge in [-0.15, -0.1) is 0 Å². The molecule has 3 atom stereocenters. The number of nitrogens with zero attached hydrogens (tertiary/aromatic N) is 1. The van der Waals surface area contributed by atoms with Crippen LogP contribution in [0.3, 0.4) is 0 Å². The smallest absolute Gasteiger partial charge is 0.238 e. The highest BCUT2D eigenvalue weighted by molar-refractivity contribution is 5.81. The zero-order valence-corrected chi connectivity index (χ0v) is 12.6. The first-order chi connectivity index (χ1) is 9.56. The molecule has 0 aromatic heterocycles. The molecule has 1 aromatic rings. The Hall–Kier alpha value is -1.35. The van der Waals surface area contributed by atoms with Gasteiger partial charge in [0.1, 0.15) is 6.17 Å². The number of carbonyl (C=O) groups is 1. The molecule has 1 N–H and O–H groups in total. The summed E-state index contributed by atoms with van der Waals surface area (Å²) in [6.07, 6.45) is 3.61. The fraction of sp³-hybridized carbons (Fsp3) is 0.588. The van der Waals surface area contributed by atoms with Crippen LogP contribution in [0.1, 0.15) is 49.0 Å². The van der Waals surface area contributed by atoms with E-state index in [4.69, 9.17) is 0 Å².